The number of nitrogens with zero attached hydrogens (tertiary/aromatic N) is 1. The smallest absolute Gasteiger partial charge is 0.191 e. The van der Waals surface area contributed by atoms with Crippen LogP contribution in [0.5, 0.6) is 0 Å². The Kier molecular flexibility index (Phi) is 8.86. The molecule has 5 nitrogen and oxygen atoms in total. The average Bonchev–Trinajstić information content (AvgIpc) is 2.71. The van der Waals surface area contributed by atoms with Crippen molar-refractivity contribution in [1.82, 2.24) is 10.6 Å². The van der Waals surface area contributed by atoms with Gasteiger partial charge in [0, 0.05) is 23.7 Å². The molecule has 0 saturated heterocycles. The molecule has 0 saturated carbocycles. The summed E-state index contributed by atoms with van der Waals surface area (Å²) < 4.78 is 12.3. The first kappa shape index (κ1) is 23.1. The van der Waals surface area contributed by atoms with Gasteiger partial charge in [0.15, 0.2) is 5.96 Å². The van der Waals surface area contributed by atoms with Gasteiger partial charge in [0.2, 0.25) is 0 Å². The van der Waals surface area contributed by atoms with Crippen molar-refractivity contribution in [3.63, 3.8) is 0 Å². The van der Waals surface area contributed by atoms with Crippen molar-refractivity contribution in [2.24, 2.45) is 4.99 Å². The lowest BCUT2D eigenvalue weighted by molar-refractivity contribution is 0.187. The fourth-order valence-corrected chi connectivity index (χ4v) is 3.77. The maximum absolute atomic E-state index is 12.3. The van der Waals surface area contributed by atoms with Gasteiger partial charge in [-0.1, -0.05) is 63.2 Å². The quantitative estimate of drug-likeness (QED) is 0.456. The minimum atomic E-state index is -1.05. The summed E-state index contributed by atoms with van der Waals surface area (Å²) >= 11 is 0. The summed E-state index contributed by atoms with van der Waals surface area (Å²) in [4.78, 5) is 5.30. The fraction of sp³-hybridized carbons (Fsp3) is 0.435. The minimum Gasteiger partial charge on any atom is -0.386 e. The summed E-state index contributed by atoms with van der Waals surface area (Å²) in [6.45, 7) is 9.99. The summed E-state index contributed by atoms with van der Waals surface area (Å²) in [5.74, 6) is 1.11. The molecule has 0 fully saturated rings. The van der Waals surface area contributed by atoms with Crippen LogP contribution in [0.1, 0.15) is 44.9 Å². The van der Waals surface area contributed by atoms with Crippen LogP contribution in [0.2, 0.25) is 0 Å². The van der Waals surface area contributed by atoms with E-state index in [-0.39, 0.29) is 12.0 Å². The molecule has 0 aliphatic heterocycles. The first-order valence-electron chi connectivity index (χ1n) is 10.1. The second-order valence-corrected chi connectivity index (χ2v) is 9.47. The van der Waals surface area contributed by atoms with Crippen LogP contribution in [0.25, 0.3) is 0 Å². The zero-order valence-electron chi connectivity index (χ0n) is 17.8. The highest BCUT2D eigenvalue weighted by Gasteiger charge is 2.14. The number of hydrogen-bond donors (Lipinski definition) is 3. The van der Waals surface area contributed by atoms with Gasteiger partial charge in [-0.05, 0) is 35.6 Å². The molecule has 2 unspecified atom stereocenters. The molecule has 2 aromatic rings. The SMILES string of the molecule is CCNC(=NCC(O)c1ccc(C(C)(C)C)cc1)NCCS(=O)c1ccccc1. The number of hydrogen-bond acceptors (Lipinski definition) is 3. The summed E-state index contributed by atoms with van der Waals surface area (Å²) in [6, 6.07) is 17.5. The Labute approximate surface area is 177 Å². The lowest BCUT2D eigenvalue weighted by Gasteiger charge is -2.20. The summed E-state index contributed by atoms with van der Waals surface area (Å²) in [5, 5.41) is 16.8. The molecule has 0 aromatic heterocycles. The van der Waals surface area contributed by atoms with Crippen molar-refractivity contribution in [2.75, 3.05) is 25.4 Å². The van der Waals surface area contributed by atoms with Gasteiger partial charge in [0.25, 0.3) is 0 Å². The molecule has 29 heavy (non-hydrogen) atoms. The van der Waals surface area contributed by atoms with E-state index in [2.05, 4.69) is 48.5 Å². The van der Waals surface area contributed by atoms with Crippen LogP contribution in [0.15, 0.2) is 64.5 Å². The Bertz CT molecular complexity index is 799. The molecule has 6 heteroatoms. The van der Waals surface area contributed by atoms with E-state index in [0.717, 1.165) is 10.5 Å². The molecule has 0 heterocycles. The maximum atomic E-state index is 12.3. The molecule has 3 N–H and O–H groups in total. The van der Waals surface area contributed by atoms with Crippen LogP contribution < -0.4 is 10.6 Å². The molecule has 0 amide bonds. The number of rotatable bonds is 8. The Morgan fingerprint density at radius 1 is 1.07 bits per heavy atom. The Hall–Kier alpha value is -2.18. The summed E-state index contributed by atoms with van der Waals surface area (Å²) in [5.41, 5.74) is 2.17. The highest BCUT2D eigenvalue weighted by atomic mass is 32.2. The van der Waals surface area contributed by atoms with Crippen LogP contribution in [0, 0.1) is 0 Å². The standard InChI is InChI=1S/C23H33N3O2S/c1-5-24-22(25-15-16-29(28)20-9-7-6-8-10-20)26-17-21(27)18-11-13-19(14-12-18)23(2,3)4/h6-14,21,27H,5,15-17H2,1-4H3,(H2,24,25,26). The molecular formula is C23H33N3O2S. The predicted molar refractivity (Wildman–Crippen MR) is 122 cm³/mol. The monoisotopic (exact) mass is 415 g/mol. The summed E-state index contributed by atoms with van der Waals surface area (Å²) in [7, 11) is -1.05. The third-order valence-corrected chi connectivity index (χ3v) is 5.89. The lowest BCUT2D eigenvalue weighted by atomic mass is 9.86. The Balaban J connectivity index is 1.89. The minimum absolute atomic E-state index is 0.0869. The van der Waals surface area contributed by atoms with Gasteiger partial charge in [0.05, 0.1) is 23.4 Å². The fourth-order valence-electron chi connectivity index (χ4n) is 2.78. The largest absolute Gasteiger partial charge is 0.386 e. The van der Waals surface area contributed by atoms with E-state index in [4.69, 9.17) is 0 Å². The number of aliphatic hydroxyl groups is 1. The topological polar surface area (TPSA) is 73.7 Å². The van der Waals surface area contributed by atoms with Gasteiger partial charge in [-0.2, -0.15) is 0 Å². The Morgan fingerprint density at radius 2 is 1.72 bits per heavy atom. The van der Waals surface area contributed by atoms with Crippen LogP contribution in [0.4, 0.5) is 0 Å². The van der Waals surface area contributed by atoms with Crippen molar-refractivity contribution in [1.29, 1.82) is 0 Å². The zero-order valence-corrected chi connectivity index (χ0v) is 18.6. The molecule has 0 bridgehead atoms. The molecule has 2 aromatic carbocycles. The van der Waals surface area contributed by atoms with Crippen molar-refractivity contribution in [3.8, 4) is 0 Å². The highest BCUT2D eigenvalue weighted by molar-refractivity contribution is 7.85. The zero-order chi connectivity index (χ0) is 21.3. The number of nitrogens with one attached hydrogen (secondary N) is 2. The number of guanidine groups is 1. The van der Waals surface area contributed by atoms with Crippen molar-refractivity contribution in [3.05, 3.63) is 65.7 Å². The van der Waals surface area contributed by atoms with Gasteiger partial charge in [0.1, 0.15) is 0 Å². The molecule has 0 aliphatic rings. The van der Waals surface area contributed by atoms with Crippen molar-refractivity contribution >= 4 is 16.8 Å². The van der Waals surface area contributed by atoms with E-state index in [1.807, 2.05) is 49.4 Å². The predicted octanol–water partition coefficient (Wildman–Crippen LogP) is 3.38. The van der Waals surface area contributed by atoms with Crippen molar-refractivity contribution < 1.29 is 9.32 Å². The van der Waals surface area contributed by atoms with Crippen LogP contribution in [-0.2, 0) is 16.2 Å². The first-order valence-corrected chi connectivity index (χ1v) is 11.4. The maximum Gasteiger partial charge on any atom is 0.191 e. The third kappa shape index (κ3) is 7.63. The van der Waals surface area contributed by atoms with Crippen LogP contribution in [0.3, 0.4) is 0 Å². The molecular weight excluding hydrogens is 382 g/mol. The Morgan fingerprint density at radius 3 is 2.31 bits per heavy atom. The van der Waals surface area contributed by atoms with Crippen LogP contribution >= 0.6 is 0 Å². The van der Waals surface area contributed by atoms with E-state index in [1.54, 1.807) is 0 Å². The average molecular weight is 416 g/mol. The normalized spacial score (nSPS) is 14.3. The van der Waals surface area contributed by atoms with E-state index in [1.165, 1.54) is 5.56 Å². The van der Waals surface area contributed by atoms with Gasteiger partial charge in [-0.15, -0.1) is 0 Å². The van der Waals surface area contributed by atoms with Gasteiger partial charge in [-0.25, -0.2) is 0 Å². The van der Waals surface area contributed by atoms with E-state index >= 15 is 0 Å². The molecule has 0 radical (unpaired) electrons. The summed E-state index contributed by atoms with van der Waals surface area (Å²) in [6.07, 6.45) is -0.669. The van der Waals surface area contributed by atoms with Gasteiger partial charge in [-0.3, -0.25) is 9.20 Å². The first-order chi connectivity index (χ1) is 13.8. The van der Waals surface area contributed by atoms with Crippen LogP contribution in [-0.4, -0.2) is 40.7 Å². The van der Waals surface area contributed by atoms with E-state index < -0.39 is 16.9 Å². The number of aliphatic imine (C=N–C) groups is 1. The molecule has 0 aliphatic carbocycles. The number of aliphatic hydroxyl groups excluding tert-OH is 1. The second-order valence-electron chi connectivity index (χ2n) is 7.90. The molecule has 2 atom stereocenters. The van der Waals surface area contributed by atoms with Gasteiger partial charge < -0.3 is 15.7 Å². The molecule has 158 valence electrons. The third-order valence-electron chi connectivity index (χ3n) is 4.51. The highest BCUT2D eigenvalue weighted by Crippen LogP contribution is 2.24. The van der Waals surface area contributed by atoms with Gasteiger partial charge >= 0.3 is 0 Å². The number of benzene rings is 2. The van der Waals surface area contributed by atoms with E-state index in [9.17, 15) is 9.32 Å². The second kappa shape index (κ2) is 11.1. The van der Waals surface area contributed by atoms with Crippen molar-refractivity contribution in [2.45, 2.75) is 44.1 Å². The molecule has 0 spiro atoms. The lowest BCUT2D eigenvalue weighted by Crippen LogP contribution is -2.39. The molecule has 2 rings (SSSR count). The van der Waals surface area contributed by atoms with E-state index in [0.29, 0.717) is 24.8 Å².